The lowest BCUT2D eigenvalue weighted by Gasteiger charge is -2.45. The molecule has 130 valence electrons. The molecule has 2 aromatic heterocycles. The van der Waals surface area contributed by atoms with Crippen LogP contribution in [-0.4, -0.2) is 56.1 Å². The van der Waals surface area contributed by atoms with E-state index in [4.69, 9.17) is 0 Å². The van der Waals surface area contributed by atoms with Crippen LogP contribution in [0.1, 0.15) is 41.6 Å². The van der Waals surface area contributed by atoms with Crippen molar-refractivity contribution >= 4 is 5.91 Å². The number of carbonyl (C=O) groups excluding carboxylic acids is 1. The number of hydrogen-bond donors (Lipinski definition) is 0. The summed E-state index contributed by atoms with van der Waals surface area (Å²) in [5.41, 5.74) is 2.14. The molecule has 0 N–H and O–H groups in total. The van der Waals surface area contributed by atoms with Crippen LogP contribution in [0, 0.1) is 0 Å². The Hall–Kier alpha value is -2.34. The van der Waals surface area contributed by atoms with Crippen molar-refractivity contribution in [2.45, 2.75) is 37.8 Å². The summed E-state index contributed by atoms with van der Waals surface area (Å²) in [5, 5.41) is 7.57. The van der Waals surface area contributed by atoms with Crippen LogP contribution < -0.4 is 0 Å². The summed E-state index contributed by atoms with van der Waals surface area (Å²) in [4.78, 5) is 21.4. The van der Waals surface area contributed by atoms with E-state index in [-0.39, 0.29) is 11.4 Å². The molecule has 6 heteroatoms. The molecule has 2 fully saturated rings. The van der Waals surface area contributed by atoms with E-state index in [1.165, 1.54) is 18.4 Å². The third-order valence-electron chi connectivity index (χ3n) is 5.65. The fourth-order valence-corrected chi connectivity index (χ4v) is 4.25. The lowest BCUT2D eigenvalue weighted by atomic mass is 9.84. The second-order valence-corrected chi connectivity index (χ2v) is 7.03. The number of piperidine rings is 1. The van der Waals surface area contributed by atoms with Gasteiger partial charge >= 0.3 is 0 Å². The molecule has 0 saturated carbocycles. The van der Waals surface area contributed by atoms with Gasteiger partial charge in [-0.3, -0.25) is 14.7 Å². The van der Waals surface area contributed by atoms with E-state index >= 15 is 0 Å². The zero-order valence-corrected chi connectivity index (χ0v) is 14.3. The van der Waals surface area contributed by atoms with Crippen LogP contribution in [0.15, 0.2) is 43.0 Å². The Bertz CT molecular complexity index is 713. The molecule has 2 aromatic rings. The van der Waals surface area contributed by atoms with Crippen LogP contribution in [-0.2, 0) is 6.54 Å². The van der Waals surface area contributed by atoms with Crippen molar-refractivity contribution in [2.75, 3.05) is 19.6 Å². The van der Waals surface area contributed by atoms with Gasteiger partial charge < -0.3 is 4.90 Å². The number of nitrogens with zero attached hydrogens (tertiary/aromatic N) is 5. The molecule has 0 unspecified atom stereocenters. The van der Waals surface area contributed by atoms with E-state index < -0.39 is 0 Å². The molecule has 0 bridgehead atoms. The Morgan fingerprint density at radius 3 is 2.64 bits per heavy atom. The van der Waals surface area contributed by atoms with Crippen molar-refractivity contribution in [1.29, 1.82) is 0 Å². The second kappa shape index (κ2) is 6.88. The average molecular weight is 337 g/mol. The molecule has 4 heterocycles. The van der Waals surface area contributed by atoms with Crippen molar-refractivity contribution in [2.24, 2.45) is 0 Å². The van der Waals surface area contributed by atoms with E-state index in [0.29, 0.717) is 5.56 Å². The Labute approximate surface area is 147 Å². The van der Waals surface area contributed by atoms with Gasteiger partial charge in [-0.1, -0.05) is 6.07 Å². The molecule has 1 spiro atoms. The highest BCUT2D eigenvalue weighted by molar-refractivity contribution is 5.93. The first kappa shape index (κ1) is 16.1. The van der Waals surface area contributed by atoms with E-state index in [2.05, 4.69) is 26.1 Å². The molecule has 0 aliphatic carbocycles. The van der Waals surface area contributed by atoms with Gasteiger partial charge in [-0.25, -0.2) is 0 Å². The molecular weight excluding hydrogens is 314 g/mol. The Balaban J connectivity index is 1.42. The molecule has 2 aliphatic rings. The molecule has 2 aliphatic heterocycles. The Morgan fingerprint density at radius 2 is 1.92 bits per heavy atom. The first-order chi connectivity index (χ1) is 12.3. The summed E-state index contributed by atoms with van der Waals surface area (Å²) in [6.45, 7) is 3.71. The lowest BCUT2D eigenvalue weighted by Crippen LogP contribution is -2.52. The molecule has 1 amide bonds. The zero-order valence-electron chi connectivity index (χ0n) is 14.3. The van der Waals surface area contributed by atoms with Crippen LogP contribution in [0.4, 0.5) is 0 Å². The molecule has 4 rings (SSSR count). The van der Waals surface area contributed by atoms with Gasteiger partial charge in [-0.05, 0) is 49.9 Å². The predicted octanol–water partition coefficient (Wildman–Crippen LogP) is 2.14. The van der Waals surface area contributed by atoms with Gasteiger partial charge in [0.05, 0.1) is 18.0 Å². The van der Waals surface area contributed by atoms with Crippen LogP contribution in [0.25, 0.3) is 0 Å². The Kier molecular flexibility index (Phi) is 4.44. The van der Waals surface area contributed by atoms with E-state index in [9.17, 15) is 4.79 Å². The predicted molar refractivity (Wildman–Crippen MR) is 93.8 cm³/mol. The van der Waals surface area contributed by atoms with Gasteiger partial charge in [0.2, 0.25) is 0 Å². The van der Waals surface area contributed by atoms with E-state index in [1.807, 2.05) is 23.4 Å². The van der Waals surface area contributed by atoms with Crippen molar-refractivity contribution in [3.63, 3.8) is 0 Å². The minimum atomic E-state index is 0.0709. The van der Waals surface area contributed by atoms with Crippen LogP contribution >= 0.6 is 0 Å². The largest absolute Gasteiger partial charge is 0.338 e. The van der Waals surface area contributed by atoms with Gasteiger partial charge in [-0.15, -0.1) is 0 Å². The monoisotopic (exact) mass is 337 g/mol. The third-order valence-corrected chi connectivity index (χ3v) is 5.65. The highest BCUT2D eigenvalue weighted by atomic mass is 16.2. The lowest BCUT2D eigenvalue weighted by molar-refractivity contribution is 0.0383. The van der Waals surface area contributed by atoms with Crippen molar-refractivity contribution < 1.29 is 4.79 Å². The van der Waals surface area contributed by atoms with Crippen LogP contribution in [0.5, 0.6) is 0 Å². The summed E-state index contributed by atoms with van der Waals surface area (Å²) in [7, 11) is 0. The van der Waals surface area contributed by atoms with E-state index in [0.717, 1.165) is 39.0 Å². The zero-order chi connectivity index (χ0) is 17.1. The maximum atomic E-state index is 12.6. The van der Waals surface area contributed by atoms with Crippen molar-refractivity contribution in [1.82, 2.24) is 25.0 Å². The molecule has 2 saturated heterocycles. The number of pyridine rings is 1. The number of likely N-dealkylation sites (tertiary alicyclic amines) is 2. The summed E-state index contributed by atoms with van der Waals surface area (Å²) in [5.74, 6) is 0.0709. The minimum absolute atomic E-state index is 0.0709. The van der Waals surface area contributed by atoms with Gasteiger partial charge in [0.25, 0.3) is 5.91 Å². The fourth-order valence-electron chi connectivity index (χ4n) is 4.25. The standard InChI is InChI=1S/C19H23N5O/c25-18(17-4-9-21-22-14-17)23-11-6-19(7-12-23)5-2-10-24(19)15-16-3-1-8-20-13-16/h1,3-4,8-9,13-14H,2,5-7,10-12,15H2. The van der Waals surface area contributed by atoms with Gasteiger partial charge in [0.1, 0.15) is 0 Å². The maximum absolute atomic E-state index is 12.6. The molecule has 0 atom stereocenters. The highest BCUT2D eigenvalue weighted by Gasteiger charge is 2.43. The Morgan fingerprint density at radius 1 is 1.04 bits per heavy atom. The summed E-state index contributed by atoms with van der Waals surface area (Å²) in [6, 6.07) is 5.89. The number of hydrogen-bond acceptors (Lipinski definition) is 5. The average Bonchev–Trinajstić information content (AvgIpc) is 3.05. The SMILES string of the molecule is O=C(c1ccnnc1)N1CCC2(CCCN2Cc2cccnc2)CC1. The molecular formula is C19H23N5O. The summed E-state index contributed by atoms with van der Waals surface area (Å²) < 4.78 is 0. The molecule has 25 heavy (non-hydrogen) atoms. The van der Waals surface area contributed by atoms with Crippen molar-refractivity contribution in [3.05, 3.63) is 54.1 Å². The number of amides is 1. The number of rotatable bonds is 3. The molecule has 0 radical (unpaired) electrons. The summed E-state index contributed by atoms with van der Waals surface area (Å²) >= 11 is 0. The third kappa shape index (κ3) is 3.26. The smallest absolute Gasteiger partial charge is 0.255 e. The first-order valence-electron chi connectivity index (χ1n) is 8.97. The molecule has 0 aromatic carbocycles. The second-order valence-electron chi connectivity index (χ2n) is 7.03. The normalized spacial score (nSPS) is 20.1. The topological polar surface area (TPSA) is 62.2 Å². The van der Waals surface area contributed by atoms with E-state index in [1.54, 1.807) is 18.5 Å². The fraction of sp³-hybridized carbons (Fsp3) is 0.474. The van der Waals surface area contributed by atoms with Crippen LogP contribution in [0.3, 0.4) is 0 Å². The first-order valence-corrected chi connectivity index (χ1v) is 8.97. The maximum Gasteiger partial charge on any atom is 0.255 e. The minimum Gasteiger partial charge on any atom is -0.338 e. The quantitative estimate of drug-likeness (QED) is 0.859. The molecule has 6 nitrogen and oxygen atoms in total. The van der Waals surface area contributed by atoms with Crippen LogP contribution in [0.2, 0.25) is 0 Å². The van der Waals surface area contributed by atoms with Crippen molar-refractivity contribution in [3.8, 4) is 0 Å². The van der Waals surface area contributed by atoms with Gasteiger partial charge in [-0.2, -0.15) is 10.2 Å². The highest BCUT2D eigenvalue weighted by Crippen LogP contribution is 2.39. The number of aromatic nitrogens is 3. The summed E-state index contributed by atoms with van der Waals surface area (Å²) in [6.07, 6.45) is 11.5. The van der Waals surface area contributed by atoms with Gasteiger partial charge in [0.15, 0.2) is 0 Å². The van der Waals surface area contributed by atoms with Gasteiger partial charge in [0, 0.05) is 37.6 Å². The number of carbonyl (C=O) groups is 1.